The monoisotopic (exact) mass is 277 g/mol. The molecule has 0 aromatic heterocycles. The van der Waals surface area contributed by atoms with Crippen LogP contribution >= 0.6 is 0 Å². The van der Waals surface area contributed by atoms with Gasteiger partial charge in [-0.25, -0.2) is 0 Å². The molecule has 5 nitrogen and oxygen atoms in total. The van der Waals surface area contributed by atoms with Crippen LogP contribution in [0, 0.1) is 0 Å². The molecule has 0 aliphatic rings. The molecule has 0 saturated heterocycles. The zero-order valence-corrected chi connectivity index (χ0v) is 12.4. The van der Waals surface area contributed by atoms with Gasteiger partial charge in [-0.05, 0) is 31.9 Å². The summed E-state index contributed by atoms with van der Waals surface area (Å²) in [7, 11) is 0. The van der Waals surface area contributed by atoms with E-state index in [9.17, 15) is 14.7 Å². The number of carboxylic acid groups (broad SMARTS) is 1. The summed E-state index contributed by atoms with van der Waals surface area (Å²) in [5.74, 6) is -0.118. The van der Waals surface area contributed by atoms with Crippen molar-refractivity contribution in [3.05, 3.63) is 35.4 Å². The van der Waals surface area contributed by atoms with Gasteiger partial charge in [-0.1, -0.05) is 24.3 Å². The second-order valence-corrected chi connectivity index (χ2v) is 5.70. The molecule has 0 unspecified atom stereocenters. The predicted octanol–water partition coefficient (Wildman–Crippen LogP) is 1.27. The average Bonchev–Trinajstić information content (AvgIpc) is 2.32. The molecule has 1 aromatic rings. The van der Waals surface area contributed by atoms with Crippen LogP contribution in [-0.4, -0.2) is 22.4 Å². The van der Waals surface area contributed by atoms with E-state index in [-0.39, 0.29) is 12.5 Å². The van der Waals surface area contributed by atoms with Crippen molar-refractivity contribution in [3.8, 4) is 0 Å². The highest BCUT2D eigenvalue weighted by Gasteiger charge is 2.22. The molecule has 0 aliphatic heterocycles. The standard InChI is InChI=1S/C15H22N2O3/c1-11(18)16-9-12-7-5-6-8-13(12)10-17(14(19)20)15(2,3)4/h5-8H,9-10H2,1-4H3,(H,16,18)(H,19,20)/p-1. The fourth-order valence-electron chi connectivity index (χ4n) is 1.85. The predicted molar refractivity (Wildman–Crippen MR) is 74.7 cm³/mol. The third-order valence-corrected chi connectivity index (χ3v) is 3.00. The van der Waals surface area contributed by atoms with Gasteiger partial charge in [-0.2, -0.15) is 0 Å². The average molecular weight is 277 g/mol. The molecule has 0 bridgehead atoms. The number of benzene rings is 1. The van der Waals surface area contributed by atoms with Crippen LogP contribution in [0.25, 0.3) is 0 Å². The molecule has 20 heavy (non-hydrogen) atoms. The lowest BCUT2D eigenvalue weighted by Gasteiger charge is -2.38. The number of carbonyl (C=O) groups is 2. The Bertz CT molecular complexity index is 492. The highest BCUT2D eigenvalue weighted by Crippen LogP contribution is 2.19. The Hall–Kier alpha value is -2.04. The molecule has 1 N–H and O–H groups in total. The number of rotatable bonds is 4. The van der Waals surface area contributed by atoms with E-state index in [1.165, 1.54) is 11.8 Å². The van der Waals surface area contributed by atoms with Gasteiger partial charge in [0.15, 0.2) is 0 Å². The maximum Gasteiger partial charge on any atom is 0.217 e. The lowest BCUT2D eigenvalue weighted by Crippen LogP contribution is -2.51. The summed E-state index contributed by atoms with van der Waals surface area (Å²) in [6.07, 6.45) is -1.20. The van der Waals surface area contributed by atoms with E-state index in [1.54, 1.807) is 0 Å². The number of amides is 2. The van der Waals surface area contributed by atoms with E-state index in [2.05, 4.69) is 5.32 Å². The zero-order chi connectivity index (χ0) is 15.3. The minimum atomic E-state index is -1.20. The van der Waals surface area contributed by atoms with E-state index in [4.69, 9.17) is 0 Å². The van der Waals surface area contributed by atoms with E-state index < -0.39 is 11.6 Å². The van der Waals surface area contributed by atoms with Gasteiger partial charge in [0, 0.05) is 25.6 Å². The molecule has 0 radical (unpaired) electrons. The van der Waals surface area contributed by atoms with Gasteiger partial charge in [0.05, 0.1) is 0 Å². The van der Waals surface area contributed by atoms with Crippen LogP contribution in [0.4, 0.5) is 4.79 Å². The van der Waals surface area contributed by atoms with Gasteiger partial charge >= 0.3 is 0 Å². The Kier molecular flexibility index (Phi) is 5.13. The van der Waals surface area contributed by atoms with Crippen molar-refractivity contribution in [2.45, 2.75) is 46.3 Å². The van der Waals surface area contributed by atoms with Crippen molar-refractivity contribution >= 4 is 12.0 Å². The summed E-state index contributed by atoms with van der Waals surface area (Å²) in [6, 6.07) is 7.45. The second kappa shape index (κ2) is 6.41. The van der Waals surface area contributed by atoms with Crippen molar-refractivity contribution in [2.75, 3.05) is 0 Å². The number of carbonyl (C=O) groups excluding carboxylic acids is 2. The quantitative estimate of drug-likeness (QED) is 0.900. The molecule has 2 amide bonds. The van der Waals surface area contributed by atoms with Gasteiger partial charge in [0.25, 0.3) is 0 Å². The van der Waals surface area contributed by atoms with Gasteiger partial charge < -0.3 is 20.1 Å². The molecular formula is C15H21N2O3-. The topological polar surface area (TPSA) is 72.5 Å². The highest BCUT2D eigenvalue weighted by molar-refractivity contribution is 5.72. The number of nitrogens with zero attached hydrogens (tertiary/aromatic N) is 1. The first-order chi connectivity index (χ1) is 9.21. The molecule has 5 heteroatoms. The number of nitrogens with one attached hydrogen (secondary N) is 1. The van der Waals surface area contributed by atoms with Crippen molar-refractivity contribution < 1.29 is 14.7 Å². The van der Waals surface area contributed by atoms with Crippen molar-refractivity contribution in [1.29, 1.82) is 0 Å². The summed E-state index contributed by atoms with van der Waals surface area (Å²) in [5.41, 5.74) is 1.22. The fourth-order valence-corrected chi connectivity index (χ4v) is 1.85. The molecular weight excluding hydrogens is 256 g/mol. The third kappa shape index (κ3) is 4.57. The largest absolute Gasteiger partial charge is 0.530 e. The normalized spacial score (nSPS) is 11.0. The third-order valence-electron chi connectivity index (χ3n) is 3.00. The highest BCUT2D eigenvalue weighted by atomic mass is 16.4. The van der Waals surface area contributed by atoms with Crippen molar-refractivity contribution in [1.82, 2.24) is 10.2 Å². The van der Waals surface area contributed by atoms with Gasteiger partial charge in [0.1, 0.15) is 6.09 Å². The summed E-state index contributed by atoms with van der Waals surface area (Å²) in [6.45, 7) is 7.53. The molecule has 0 aliphatic carbocycles. The first kappa shape index (κ1) is 16.0. The van der Waals surface area contributed by atoms with Gasteiger partial charge in [-0.15, -0.1) is 0 Å². The van der Waals surface area contributed by atoms with Gasteiger partial charge in [0.2, 0.25) is 5.91 Å². The van der Waals surface area contributed by atoms with E-state index in [0.29, 0.717) is 6.54 Å². The Morgan fingerprint density at radius 1 is 1.20 bits per heavy atom. The molecule has 0 saturated carbocycles. The summed E-state index contributed by atoms with van der Waals surface area (Å²) < 4.78 is 0. The molecule has 0 atom stereocenters. The maximum absolute atomic E-state index is 11.3. The van der Waals surface area contributed by atoms with Crippen LogP contribution in [-0.2, 0) is 17.9 Å². The first-order valence-corrected chi connectivity index (χ1v) is 6.51. The first-order valence-electron chi connectivity index (χ1n) is 6.51. The second-order valence-electron chi connectivity index (χ2n) is 5.70. The summed E-state index contributed by atoms with van der Waals surface area (Å²) >= 11 is 0. The van der Waals surface area contributed by atoms with Gasteiger partial charge in [-0.3, -0.25) is 4.79 Å². The van der Waals surface area contributed by atoms with Crippen LogP contribution in [0.1, 0.15) is 38.8 Å². The molecule has 0 spiro atoms. The maximum atomic E-state index is 11.3. The van der Waals surface area contributed by atoms with Crippen LogP contribution < -0.4 is 10.4 Å². The molecule has 1 aromatic carbocycles. The van der Waals surface area contributed by atoms with Crippen LogP contribution in [0.2, 0.25) is 0 Å². The minimum Gasteiger partial charge on any atom is -0.530 e. The Morgan fingerprint density at radius 3 is 2.20 bits per heavy atom. The van der Waals surface area contributed by atoms with E-state index in [0.717, 1.165) is 11.1 Å². The summed E-state index contributed by atoms with van der Waals surface area (Å²) in [4.78, 5) is 23.5. The molecule has 0 heterocycles. The Balaban J connectivity index is 2.95. The van der Waals surface area contributed by atoms with Crippen molar-refractivity contribution in [2.24, 2.45) is 0 Å². The SMILES string of the molecule is CC(=O)NCc1ccccc1CN(C(=O)[O-])C(C)(C)C. The summed E-state index contributed by atoms with van der Waals surface area (Å²) in [5, 5.41) is 14.0. The minimum absolute atomic E-state index is 0.118. The Labute approximate surface area is 119 Å². The fraction of sp³-hybridized carbons (Fsp3) is 0.467. The van der Waals surface area contributed by atoms with E-state index >= 15 is 0 Å². The Morgan fingerprint density at radius 2 is 1.75 bits per heavy atom. The zero-order valence-electron chi connectivity index (χ0n) is 12.4. The van der Waals surface area contributed by atoms with E-state index in [1.807, 2.05) is 45.0 Å². The number of hydrogen-bond donors (Lipinski definition) is 1. The van der Waals surface area contributed by atoms with Crippen molar-refractivity contribution in [3.63, 3.8) is 0 Å². The van der Waals surface area contributed by atoms with Crippen LogP contribution in [0.15, 0.2) is 24.3 Å². The van der Waals surface area contributed by atoms with Crippen LogP contribution in [0.3, 0.4) is 0 Å². The molecule has 1 rings (SSSR count). The smallest absolute Gasteiger partial charge is 0.217 e. The van der Waals surface area contributed by atoms with Crippen LogP contribution in [0.5, 0.6) is 0 Å². The lowest BCUT2D eigenvalue weighted by molar-refractivity contribution is -0.271. The molecule has 110 valence electrons. The molecule has 0 fully saturated rings. The lowest BCUT2D eigenvalue weighted by atomic mass is 10.0. The number of hydrogen-bond acceptors (Lipinski definition) is 3.